The number of ether oxygens (including phenoxy) is 1. The second-order valence-corrected chi connectivity index (χ2v) is 6.72. The molecule has 1 heterocycles. The first-order chi connectivity index (χ1) is 11.5. The van der Waals surface area contributed by atoms with Gasteiger partial charge in [0.15, 0.2) is 5.78 Å². The minimum Gasteiger partial charge on any atom is -0.490 e. The first kappa shape index (κ1) is 16.2. The molecule has 0 spiro atoms. The molecule has 4 nitrogen and oxygen atoms in total. The number of Topliss-reactive ketones (excluding diaryl/α,β-unsaturated/α-hetero) is 1. The quantitative estimate of drug-likeness (QED) is 0.940. The van der Waals surface area contributed by atoms with Gasteiger partial charge in [-0.25, -0.2) is 0 Å². The predicted molar refractivity (Wildman–Crippen MR) is 92.3 cm³/mol. The lowest BCUT2D eigenvalue weighted by Crippen LogP contribution is -2.48. The maximum atomic E-state index is 12.5. The molecule has 2 aromatic rings. The van der Waals surface area contributed by atoms with Crippen molar-refractivity contribution in [2.75, 3.05) is 6.61 Å². The Morgan fingerprint density at radius 3 is 2.54 bits per heavy atom. The zero-order valence-electron chi connectivity index (χ0n) is 13.9. The summed E-state index contributed by atoms with van der Waals surface area (Å²) in [4.78, 5) is 24.9. The third kappa shape index (κ3) is 3.32. The van der Waals surface area contributed by atoms with Gasteiger partial charge in [-0.1, -0.05) is 56.3 Å². The van der Waals surface area contributed by atoms with E-state index >= 15 is 0 Å². The number of hydrogen-bond acceptors (Lipinski definition) is 3. The Morgan fingerprint density at radius 2 is 1.79 bits per heavy atom. The van der Waals surface area contributed by atoms with Crippen LogP contribution in [0.4, 0.5) is 0 Å². The standard InChI is InChI=1S/C20H21NO3/c1-20(2,14-8-4-3-5-9-14)12-18(22)21-16-13-24-17-11-7-6-10-15(17)19(16)23/h3-11,16H,12-13H2,1-2H3,(H,21,22). The molecular formula is C20H21NO3. The zero-order valence-corrected chi connectivity index (χ0v) is 13.9. The first-order valence-electron chi connectivity index (χ1n) is 8.08. The molecule has 2 aromatic carbocycles. The molecule has 124 valence electrons. The van der Waals surface area contributed by atoms with Crippen LogP contribution in [0, 0.1) is 0 Å². The minimum absolute atomic E-state index is 0.0947. The summed E-state index contributed by atoms with van der Waals surface area (Å²) in [6.45, 7) is 4.22. The van der Waals surface area contributed by atoms with Crippen molar-refractivity contribution in [3.8, 4) is 5.75 Å². The minimum atomic E-state index is -0.626. The summed E-state index contributed by atoms with van der Waals surface area (Å²) in [5, 5.41) is 2.82. The van der Waals surface area contributed by atoms with E-state index in [0.717, 1.165) is 5.56 Å². The van der Waals surface area contributed by atoms with E-state index in [1.165, 1.54) is 0 Å². The molecule has 1 aliphatic rings. The second kappa shape index (κ2) is 6.48. The Bertz CT molecular complexity index is 752. The number of hydrogen-bond donors (Lipinski definition) is 1. The lowest BCUT2D eigenvalue weighted by Gasteiger charge is -2.28. The average molecular weight is 323 g/mol. The summed E-state index contributed by atoms with van der Waals surface area (Å²) in [7, 11) is 0. The fraction of sp³-hybridized carbons (Fsp3) is 0.300. The van der Waals surface area contributed by atoms with Crippen molar-refractivity contribution in [3.63, 3.8) is 0 Å². The van der Waals surface area contributed by atoms with E-state index in [2.05, 4.69) is 5.32 Å². The monoisotopic (exact) mass is 323 g/mol. The number of amides is 1. The summed E-state index contributed by atoms with van der Waals surface area (Å²) < 4.78 is 5.59. The molecule has 0 aromatic heterocycles. The van der Waals surface area contributed by atoms with E-state index < -0.39 is 6.04 Å². The van der Waals surface area contributed by atoms with Crippen LogP contribution in [-0.2, 0) is 10.2 Å². The predicted octanol–water partition coefficient (Wildman–Crippen LogP) is 3.11. The van der Waals surface area contributed by atoms with Gasteiger partial charge in [-0.3, -0.25) is 9.59 Å². The number of ketones is 1. The molecule has 1 amide bonds. The van der Waals surface area contributed by atoms with Gasteiger partial charge in [-0.15, -0.1) is 0 Å². The van der Waals surface area contributed by atoms with Crippen molar-refractivity contribution in [1.82, 2.24) is 5.32 Å². The van der Waals surface area contributed by atoms with Gasteiger partial charge in [0.2, 0.25) is 5.91 Å². The molecule has 1 aliphatic heterocycles. The molecule has 0 radical (unpaired) electrons. The molecule has 0 aliphatic carbocycles. The van der Waals surface area contributed by atoms with Gasteiger partial charge in [0.1, 0.15) is 18.4 Å². The van der Waals surface area contributed by atoms with E-state index in [1.54, 1.807) is 18.2 Å². The Labute approximate surface area is 141 Å². The van der Waals surface area contributed by atoms with Crippen molar-refractivity contribution in [1.29, 1.82) is 0 Å². The van der Waals surface area contributed by atoms with Crippen molar-refractivity contribution < 1.29 is 14.3 Å². The molecule has 0 fully saturated rings. The van der Waals surface area contributed by atoms with Gasteiger partial charge in [0.25, 0.3) is 0 Å². The fourth-order valence-electron chi connectivity index (χ4n) is 2.98. The Hall–Kier alpha value is -2.62. The van der Waals surface area contributed by atoms with E-state index in [1.807, 2.05) is 50.2 Å². The number of rotatable bonds is 4. The van der Waals surface area contributed by atoms with Crippen LogP contribution in [0.2, 0.25) is 0 Å². The highest BCUT2D eigenvalue weighted by Crippen LogP contribution is 2.27. The lowest BCUT2D eigenvalue weighted by atomic mass is 9.81. The van der Waals surface area contributed by atoms with Crippen LogP contribution in [0.15, 0.2) is 54.6 Å². The van der Waals surface area contributed by atoms with Gasteiger partial charge in [-0.2, -0.15) is 0 Å². The summed E-state index contributed by atoms with van der Waals surface area (Å²) in [5.74, 6) is 0.338. The van der Waals surface area contributed by atoms with E-state index in [4.69, 9.17) is 4.74 Å². The van der Waals surface area contributed by atoms with Crippen LogP contribution in [0.5, 0.6) is 5.75 Å². The maximum absolute atomic E-state index is 12.5. The molecule has 4 heteroatoms. The van der Waals surface area contributed by atoms with Gasteiger partial charge >= 0.3 is 0 Å². The van der Waals surface area contributed by atoms with Crippen molar-refractivity contribution in [2.24, 2.45) is 0 Å². The normalized spacial score (nSPS) is 16.9. The van der Waals surface area contributed by atoms with Gasteiger partial charge < -0.3 is 10.1 Å². The highest BCUT2D eigenvalue weighted by molar-refractivity contribution is 6.05. The average Bonchev–Trinajstić information content (AvgIpc) is 2.58. The smallest absolute Gasteiger partial charge is 0.221 e. The number of fused-ring (bicyclic) bond motifs is 1. The molecule has 0 bridgehead atoms. The van der Waals surface area contributed by atoms with Gasteiger partial charge in [-0.05, 0) is 23.1 Å². The maximum Gasteiger partial charge on any atom is 0.221 e. The van der Waals surface area contributed by atoms with Gasteiger partial charge in [0, 0.05) is 6.42 Å². The molecule has 1 atom stereocenters. The summed E-state index contributed by atoms with van der Waals surface area (Å²) in [6, 6.07) is 16.4. The highest BCUT2D eigenvalue weighted by Gasteiger charge is 2.31. The number of benzene rings is 2. The topological polar surface area (TPSA) is 55.4 Å². The number of carbonyl (C=O) groups excluding carboxylic acids is 2. The van der Waals surface area contributed by atoms with Crippen LogP contribution in [0.3, 0.4) is 0 Å². The summed E-state index contributed by atoms with van der Waals surface area (Å²) in [5.41, 5.74) is 1.31. The van der Waals surface area contributed by atoms with Crippen molar-refractivity contribution in [2.45, 2.75) is 31.7 Å². The van der Waals surface area contributed by atoms with Crippen LogP contribution < -0.4 is 10.1 Å². The molecule has 1 N–H and O–H groups in total. The van der Waals surface area contributed by atoms with Crippen LogP contribution in [0.25, 0.3) is 0 Å². The van der Waals surface area contributed by atoms with Crippen LogP contribution in [-0.4, -0.2) is 24.3 Å². The summed E-state index contributed by atoms with van der Waals surface area (Å²) >= 11 is 0. The Kier molecular flexibility index (Phi) is 4.38. The first-order valence-corrected chi connectivity index (χ1v) is 8.08. The number of para-hydroxylation sites is 1. The fourth-order valence-corrected chi connectivity index (χ4v) is 2.98. The third-order valence-electron chi connectivity index (χ3n) is 4.37. The molecule has 1 unspecified atom stereocenters. The molecule has 0 saturated heterocycles. The lowest BCUT2D eigenvalue weighted by molar-refractivity contribution is -0.122. The van der Waals surface area contributed by atoms with E-state index in [0.29, 0.717) is 17.7 Å². The number of nitrogens with one attached hydrogen (secondary N) is 1. The van der Waals surface area contributed by atoms with Gasteiger partial charge in [0.05, 0.1) is 5.56 Å². The van der Waals surface area contributed by atoms with E-state index in [-0.39, 0.29) is 23.7 Å². The number of carbonyl (C=O) groups is 2. The van der Waals surface area contributed by atoms with Crippen LogP contribution >= 0.6 is 0 Å². The second-order valence-electron chi connectivity index (χ2n) is 6.72. The Morgan fingerprint density at radius 1 is 1.12 bits per heavy atom. The Balaban J connectivity index is 1.67. The summed E-state index contributed by atoms with van der Waals surface area (Å²) in [6.07, 6.45) is 0.308. The third-order valence-corrected chi connectivity index (χ3v) is 4.37. The van der Waals surface area contributed by atoms with Crippen LogP contribution in [0.1, 0.15) is 36.2 Å². The largest absolute Gasteiger partial charge is 0.490 e. The molecule has 3 rings (SSSR count). The molecule has 0 saturated carbocycles. The zero-order chi connectivity index (χ0) is 17.2. The van der Waals surface area contributed by atoms with Crippen molar-refractivity contribution in [3.05, 3.63) is 65.7 Å². The molecular weight excluding hydrogens is 302 g/mol. The van der Waals surface area contributed by atoms with Crippen molar-refractivity contribution >= 4 is 11.7 Å². The molecule has 24 heavy (non-hydrogen) atoms. The highest BCUT2D eigenvalue weighted by atomic mass is 16.5. The SMILES string of the molecule is CC(C)(CC(=O)NC1COc2ccccc2C1=O)c1ccccc1. The van der Waals surface area contributed by atoms with E-state index in [9.17, 15) is 9.59 Å².